The van der Waals surface area contributed by atoms with Crippen molar-refractivity contribution < 1.29 is 4.79 Å². The fourth-order valence-electron chi connectivity index (χ4n) is 2.74. The fraction of sp³-hybridized carbons (Fsp3) is 0.286. The molecule has 1 atom stereocenters. The van der Waals surface area contributed by atoms with Crippen molar-refractivity contribution in [3.05, 3.63) is 71.3 Å². The number of carbonyl (C=O) groups excluding carboxylic acids is 1. The third-order valence-corrected chi connectivity index (χ3v) is 5.42. The Morgan fingerprint density at radius 2 is 1.85 bits per heavy atom. The molecule has 1 heterocycles. The Hall–Kier alpha value is -2.40. The Balaban J connectivity index is 1.79. The molecule has 1 aliphatic heterocycles. The van der Waals surface area contributed by atoms with E-state index in [-0.39, 0.29) is 11.2 Å². The van der Waals surface area contributed by atoms with E-state index in [0.717, 1.165) is 24.0 Å². The Kier molecular flexibility index (Phi) is 6.23. The van der Waals surface area contributed by atoms with Gasteiger partial charge in [0.1, 0.15) is 0 Å². The number of hydrogen-bond donors (Lipinski definition) is 0. The van der Waals surface area contributed by atoms with Crippen LogP contribution in [0.2, 0.25) is 0 Å². The first-order chi connectivity index (χ1) is 12.7. The molecule has 0 aromatic heterocycles. The van der Waals surface area contributed by atoms with Gasteiger partial charge in [0.2, 0.25) is 5.91 Å². The molecule has 0 bridgehead atoms. The largest absolute Gasteiger partial charge is 0.284 e. The predicted octanol–water partition coefficient (Wildman–Crippen LogP) is 4.63. The highest BCUT2D eigenvalue weighted by Gasteiger charge is 2.37. The predicted molar refractivity (Wildman–Crippen MR) is 109 cm³/mol. The second-order valence-corrected chi connectivity index (χ2v) is 7.51. The lowest BCUT2D eigenvalue weighted by atomic mass is 10.2. The van der Waals surface area contributed by atoms with Crippen molar-refractivity contribution in [2.75, 3.05) is 0 Å². The van der Waals surface area contributed by atoms with Gasteiger partial charge in [-0.05, 0) is 24.5 Å². The minimum absolute atomic E-state index is 0.0583. The van der Waals surface area contributed by atoms with E-state index in [0.29, 0.717) is 11.7 Å². The maximum atomic E-state index is 12.8. The summed E-state index contributed by atoms with van der Waals surface area (Å²) in [6.07, 6.45) is 3.56. The van der Waals surface area contributed by atoms with Gasteiger partial charge in [-0.1, -0.05) is 85.3 Å². The van der Waals surface area contributed by atoms with Crippen LogP contribution < -0.4 is 0 Å². The van der Waals surface area contributed by atoms with E-state index in [1.54, 1.807) is 11.1 Å². The van der Waals surface area contributed by atoms with E-state index in [2.05, 4.69) is 24.1 Å². The lowest BCUT2D eigenvalue weighted by Crippen LogP contribution is -2.31. The minimum Gasteiger partial charge on any atom is -0.284 e. The molecule has 3 rings (SSSR count). The van der Waals surface area contributed by atoms with Gasteiger partial charge in [0.05, 0.1) is 18.0 Å². The van der Waals surface area contributed by atoms with Crippen LogP contribution in [0.15, 0.2) is 64.8 Å². The summed E-state index contributed by atoms with van der Waals surface area (Å²) >= 11 is 1.52. The van der Waals surface area contributed by atoms with Gasteiger partial charge in [-0.2, -0.15) is 5.10 Å². The van der Waals surface area contributed by atoms with Crippen molar-refractivity contribution in [1.82, 2.24) is 4.90 Å². The SMILES string of the molecule is CCC[C@H]1S/C(=N/N=C\c2ccc(C)cc2)N(Cc2ccccc2)C1=O. The van der Waals surface area contributed by atoms with Crippen LogP contribution in [-0.2, 0) is 11.3 Å². The van der Waals surface area contributed by atoms with Crippen LogP contribution in [0.3, 0.4) is 0 Å². The van der Waals surface area contributed by atoms with Crippen molar-refractivity contribution in [3.63, 3.8) is 0 Å². The normalized spacial score (nSPS) is 19.0. The first-order valence-electron chi connectivity index (χ1n) is 8.87. The number of hydrogen-bond acceptors (Lipinski definition) is 4. The molecule has 1 saturated heterocycles. The number of benzene rings is 2. The van der Waals surface area contributed by atoms with Gasteiger partial charge in [0.15, 0.2) is 5.17 Å². The van der Waals surface area contributed by atoms with Crippen LogP contribution in [0.1, 0.15) is 36.5 Å². The van der Waals surface area contributed by atoms with Crippen LogP contribution in [0, 0.1) is 6.92 Å². The van der Waals surface area contributed by atoms with Gasteiger partial charge in [0.25, 0.3) is 0 Å². The minimum atomic E-state index is -0.0583. The Morgan fingerprint density at radius 3 is 2.54 bits per heavy atom. The smallest absolute Gasteiger partial charge is 0.242 e. The molecule has 4 nitrogen and oxygen atoms in total. The molecular formula is C21H23N3OS. The van der Waals surface area contributed by atoms with Crippen LogP contribution in [0.4, 0.5) is 0 Å². The molecule has 0 aliphatic carbocycles. The molecule has 2 aromatic rings. The molecule has 26 heavy (non-hydrogen) atoms. The molecule has 1 amide bonds. The third-order valence-electron chi connectivity index (χ3n) is 4.18. The Morgan fingerprint density at radius 1 is 1.12 bits per heavy atom. The Bertz CT molecular complexity index is 800. The summed E-state index contributed by atoms with van der Waals surface area (Å²) in [7, 11) is 0. The number of nitrogens with zero attached hydrogens (tertiary/aromatic N) is 3. The molecule has 1 aliphatic rings. The average molecular weight is 366 g/mol. The summed E-state index contributed by atoms with van der Waals surface area (Å²) in [6.45, 7) is 4.68. The molecule has 5 heteroatoms. The zero-order chi connectivity index (χ0) is 18.4. The summed E-state index contributed by atoms with van der Waals surface area (Å²) in [5.41, 5.74) is 3.30. The molecule has 1 fully saturated rings. The van der Waals surface area contributed by atoms with Crippen LogP contribution >= 0.6 is 11.8 Å². The summed E-state index contributed by atoms with van der Waals surface area (Å²) < 4.78 is 0. The van der Waals surface area contributed by atoms with Crippen LogP contribution in [-0.4, -0.2) is 27.4 Å². The summed E-state index contributed by atoms with van der Waals surface area (Å²) in [4.78, 5) is 14.5. The molecule has 0 N–H and O–H groups in total. The summed E-state index contributed by atoms with van der Waals surface area (Å²) in [5, 5.41) is 9.20. The van der Waals surface area contributed by atoms with E-state index in [1.165, 1.54) is 17.3 Å². The molecule has 0 spiro atoms. The number of aryl methyl sites for hydroxylation is 1. The topological polar surface area (TPSA) is 45.0 Å². The van der Waals surface area contributed by atoms with Crippen molar-refractivity contribution in [1.29, 1.82) is 0 Å². The number of rotatable bonds is 6. The van der Waals surface area contributed by atoms with Crippen molar-refractivity contribution >= 4 is 29.1 Å². The van der Waals surface area contributed by atoms with Crippen molar-refractivity contribution in [3.8, 4) is 0 Å². The zero-order valence-electron chi connectivity index (χ0n) is 15.1. The van der Waals surface area contributed by atoms with Crippen molar-refractivity contribution in [2.24, 2.45) is 10.2 Å². The monoisotopic (exact) mass is 365 g/mol. The molecule has 0 saturated carbocycles. The number of carbonyl (C=O) groups is 1. The molecule has 0 unspecified atom stereocenters. The summed E-state index contributed by atoms with van der Waals surface area (Å²) in [6, 6.07) is 18.1. The van der Waals surface area contributed by atoms with Crippen molar-refractivity contribution in [2.45, 2.75) is 38.5 Å². The van der Waals surface area contributed by atoms with E-state index >= 15 is 0 Å². The third kappa shape index (κ3) is 4.61. The van der Waals surface area contributed by atoms with Gasteiger partial charge >= 0.3 is 0 Å². The molecule has 134 valence electrons. The lowest BCUT2D eigenvalue weighted by molar-refractivity contribution is -0.126. The van der Waals surface area contributed by atoms with Gasteiger partial charge in [-0.3, -0.25) is 9.69 Å². The molecule has 2 aromatic carbocycles. The lowest BCUT2D eigenvalue weighted by Gasteiger charge is -2.15. The van der Waals surface area contributed by atoms with Gasteiger partial charge in [0, 0.05) is 0 Å². The van der Waals surface area contributed by atoms with E-state index in [4.69, 9.17) is 0 Å². The summed E-state index contributed by atoms with van der Waals surface area (Å²) in [5.74, 6) is 0.130. The first kappa shape index (κ1) is 18.4. The highest BCUT2D eigenvalue weighted by atomic mass is 32.2. The van der Waals surface area contributed by atoms with Crippen LogP contribution in [0.25, 0.3) is 0 Å². The van der Waals surface area contributed by atoms with E-state index in [1.807, 2.05) is 54.6 Å². The standard InChI is InChI=1S/C21H23N3OS/c1-3-7-19-20(25)24(15-18-8-5-4-6-9-18)21(26-19)23-22-14-17-12-10-16(2)11-13-17/h4-6,8-14,19H,3,7,15H2,1-2H3/b22-14-,23-21+/t19-/m1/s1. The number of amidine groups is 1. The average Bonchev–Trinajstić information content (AvgIpc) is 2.94. The first-order valence-corrected chi connectivity index (χ1v) is 9.75. The highest BCUT2D eigenvalue weighted by Crippen LogP contribution is 2.31. The zero-order valence-corrected chi connectivity index (χ0v) is 15.9. The second-order valence-electron chi connectivity index (χ2n) is 6.34. The number of thioether (sulfide) groups is 1. The maximum absolute atomic E-state index is 12.8. The van der Waals surface area contributed by atoms with Gasteiger partial charge < -0.3 is 0 Å². The van der Waals surface area contributed by atoms with Crippen LogP contribution in [0.5, 0.6) is 0 Å². The quantitative estimate of drug-likeness (QED) is 0.553. The van der Waals surface area contributed by atoms with E-state index < -0.39 is 0 Å². The molecular weight excluding hydrogens is 342 g/mol. The van der Waals surface area contributed by atoms with E-state index in [9.17, 15) is 4.79 Å². The maximum Gasteiger partial charge on any atom is 0.242 e. The van der Waals surface area contributed by atoms with Gasteiger partial charge in [-0.25, -0.2) is 0 Å². The number of amides is 1. The van der Waals surface area contributed by atoms with Gasteiger partial charge in [-0.15, -0.1) is 5.10 Å². The fourth-order valence-corrected chi connectivity index (χ4v) is 3.95. The second kappa shape index (κ2) is 8.81. The Labute approximate surface area is 159 Å². The molecule has 0 radical (unpaired) electrons. The highest BCUT2D eigenvalue weighted by molar-refractivity contribution is 8.15.